The highest BCUT2D eigenvalue weighted by molar-refractivity contribution is 5.98. The zero-order valence-electron chi connectivity index (χ0n) is 10.6. The lowest BCUT2D eigenvalue weighted by Gasteiger charge is -2.33. The zero-order valence-corrected chi connectivity index (χ0v) is 10.6. The second-order valence-electron chi connectivity index (χ2n) is 4.46. The van der Waals surface area contributed by atoms with E-state index in [2.05, 4.69) is 24.4 Å². The molecule has 92 valence electrons. The summed E-state index contributed by atoms with van der Waals surface area (Å²) in [4.78, 5) is 14.2. The van der Waals surface area contributed by atoms with Gasteiger partial charge in [-0.2, -0.15) is 0 Å². The summed E-state index contributed by atoms with van der Waals surface area (Å²) in [5.41, 5.74) is 2.33. The molecule has 1 aliphatic heterocycles. The van der Waals surface area contributed by atoms with Crippen molar-refractivity contribution in [3.8, 4) is 0 Å². The van der Waals surface area contributed by atoms with Crippen LogP contribution in [-0.4, -0.2) is 25.5 Å². The van der Waals surface area contributed by atoms with Crippen molar-refractivity contribution in [1.82, 2.24) is 5.32 Å². The summed E-state index contributed by atoms with van der Waals surface area (Å²) in [6, 6.07) is 8.17. The Labute approximate surface area is 103 Å². The van der Waals surface area contributed by atoms with Gasteiger partial charge in [-0.15, -0.1) is 0 Å². The number of para-hydroxylation sites is 1. The van der Waals surface area contributed by atoms with Crippen molar-refractivity contribution in [2.24, 2.45) is 0 Å². The molecule has 0 bridgehead atoms. The van der Waals surface area contributed by atoms with E-state index in [1.54, 1.807) is 0 Å². The molecule has 1 aromatic rings. The van der Waals surface area contributed by atoms with Gasteiger partial charge in [-0.1, -0.05) is 25.1 Å². The fourth-order valence-corrected chi connectivity index (χ4v) is 2.46. The topological polar surface area (TPSA) is 32.3 Å². The van der Waals surface area contributed by atoms with Crippen LogP contribution in [0.2, 0.25) is 0 Å². The van der Waals surface area contributed by atoms with Crippen LogP contribution >= 0.6 is 0 Å². The molecule has 1 unspecified atom stereocenters. The number of nitrogens with zero attached hydrogens (tertiary/aromatic N) is 1. The Morgan fingerprint density at radius 3 is 2.88 bits per heavy atom. The molecular formula is C14H20N2O. The molecule has 1 aromatic carbocycles. The first-order valence-corrected chi connectivity index (χ1v) is 6.34. The molecule has 1 fully saturated rings. The molecule has 3 heteroatoms. The van der Waals surface area contributed by atoms with Gasteiger partial charge in [0.1, 0.15) is 0 Å². The van der Waals surface area contributed by atoms with Crippen LogP contribution < -0.4 is 10.2 Å². The van der Waals surface area contributed by atoms with E-state index in [1.165, 1.54) is 5.56 Å². The van der Waals surface area contributed by atoms with Crippen LogP contribution in [-0.2, 0) is 11.2 Å². The van der Waals surface area contributed by atoms with Crippen LogP contribution in [0, 0.1) is 0 Å². The van der Waals surface area contributed by atoms with Crippen LogP contribution in [0.5, 0.6) is 0 Å². The Balaban J connectivity index is 2.29. The summed E-state index contributed by atoms with van der Waals surface area (Å²) >= 11 is 0. The van der Waals surface area contributed by atoms with Gasteiger partial charge in [0.05, 0.1) is 6.04 Å². The number of carbonyl (C=O) groups is 1. The molecule has 1 amide bonds. The number of rotatable bonds is 3. The van der Waals surface area contributed by atoms with Crippen LogP contribution in [0.3, 0.4) is 0 Å². The third-order valence-electron chi connectivity index (χ3n) is 3.45. The van der Waals surface area contributed by atoms with Gasteiger partial charge in [0, 0.05) is 12.2 Å². The SMILES string of the molecule is CCc1ccccc1N1CCCC(NC)C1=O. The Kier molecular flexibility index (Phi) is 3.79. The van der Waals surface area contributed by atoms with Crippen molar-refractivity contribution >= 4 is 11.6 Å². The van der Waals surface area contributed by atoms with Crippen molar-refractivity contribution in [1.29, 1.82) is 0 Å². The molecule has 0 aromatic heterocycles. The van der Waals surface area contributed by atoms with Crippen LogP contribution in [0.15, 0.2) is 24.3 Å². The van der Waals surface area contributed by atoms with E-state index >= 15 is 0 Å². The maximum Gasteiger partial charge on any atom is 0.244 e. The number of piperidine rings is 1. The van der Waals surface area contributed by atoms with E-state index in [0.29, 0.717) is 0 Å². The second kappa shape index (κ2) is 5.32. The lowest BCUT2D eigenvalue weighted by Crippen LogP contribution is -2.50. The van der Waals surface area contributed by atoms with Crippen molar-refractivity contribution in [3.63, 3.8) is 0 Å². The number of amides is 1. The average Bonchev–Trinajstić information content (AvgIpc) is 2.39. The van der Waals surface area contributed by atoms with Gasteiger partial charge in [-0.3, -0.25) is 4.79 Å². The monoisotopic (exact) mass is 232 g/mol. The number of hydrogen-bond acceptors (Lipinski definition) is 2. The summed E-state index contributed by atoms with van der Waals surface area (Å²) in [5, 5.41) is 3.10. The van der Waals surface area contributed by atoms with E-state index < -0.39 is 0 Å². The van der Waals surface area contributed by atoms with E-state index in [9.17, 15) is 4.79 Å². The number of anilines is 1. The van der Waals surface area contributed by atoms with E-state index in [1.807, 2.05) is 24.1 Å². The summed E-state index contributed by atoms with van der Waals surface area (Å²) in [6.45, 7) is 2.97. The maximum absolute atomic E-state index is 12.3. The van der Waals surface area contributed by atoms with Crippen LogP contribution in [0.1, 0.15) is 25.3 Å². The molecule has 0 saturated carbocycles. The minimum Gasteiger partial charge on any atom is -0.311 e. The fraction of sp³-hybridized carbons (Fsp3) is 0.500. The van der Waals surface area contributed by atoms with E-state index in [0.717, 1.165) is 31.5 Å². The Morgan fingerprint density at radius 1 is 1.41 bits per heavy atom. The fourth-order valence-electron chi connectivity index (χ4n) is 2.46. The smallest absolute Gasteiger partial charge is 0.244 e. The minimum atomic E-state index is -0.0198. The summed E-state index contributed by atoms with van der Waals surface area (Å²) in [7, 11) is 1.86. The summed E-state index contributed by atoms with van der Waals surface area (Å²) in [6.07, 6.45) is 2.97. The predicted molar refractivity (Wildman–Crippen MR) is 70.3 cm³/mol. The number of hydrogen-bond donors (Lipinski definition) is 1. The number of likely N-dealkylation sites (N-methyl/N-ethyl adjacent to an activating group) is 1. The van der Waals surface area contributed by atoms with Gasteiger partial charge in [-0.05, 0) is 37.9 Å². The highest BCUT2D eigenvalue weighted by atomic mass is 16.2. The Hall–Kier alpha value is -1.35. The molecule has 1 aliphatic rings. The van der Waals surface area contributed by atoms with Gasteiger partial charge in [0.2, 0.25) is 5.91 Å². The zero-order chi connectivity index (χ0) is 12.3. The molecule has 1 atom stereocenters. The summed E-state index contributed by atoms with van der Waals surface area (Å²) < 4.78 is 0. The number of benzene rings is 1. The van der Waals surface area contributed by atoms with E-state index in [4.69, 9.17) is 0 Å². The number of aryl methyl sites for hydroxylation is 1. The molecule has 2 rings (SSSR count). The molecule has 1 N–H and O–H groups in total. The van der Waals surface area contributed by atoms with Crippen molar-refractivity contribution in [3.05, 3.63) is 29.8 Å². The number of nitrogens with one attached hydrogen (secondary N) is 1. The molecule has 0 radical (unpaired) electrons. The molecule has 1 saturated heterocycles. The Morgan fingerprint density at radius 2 is 2.18 bits per heavy atom. The lowest BCUT2D eigenvalue weighted by molar-refractivity contribution is -0.121. The third kappa shape index (κ3) is 2.34. The first kappa shape index (κ1) is 12.1. The third-order valence-corrected chi connectivity index (χ3v) is 3.45. The molecule has 1 heterocycles. The van der Waals surface area contributed by atoms with Crippen molar-refractivity contribution in [2.75, 3.05) is 18.5 Å². The summed E-state index contributed by atoms with van der Waals surface area (Å²) in [5.74, 6) is 0.208. The van der Waals surface area contributed by atoms with Gasteiger partial charge in [0.15, 0.2) is 0 Å². The normalized spacial score (nSPS) is 20.7. The standard InChI is InChI=1S/C14H20N2O/c1-3-11-7-4-5-9-13(11)16-10-6-8-12(15-2)14(16)17/h4-5,7,9,12,15H,3,6,8,10H2,1-2H3. The average molecular weight is 232 g/mol. The van der Waals surface area contributed by atoms with Gasteiger partial charge >= 0.3 is 0 Å². The highest BCUT2D eigenvalue weighted by Crippen LogP contribution is 2.25. The second-order valence-corrected chi connectivity index (χ2v) is 4.46. The lowest BCUT2D eigenvalue weighted by atomic mass is 10.0. The van der Waals surface area contributed by atoms with Crippen molar-refractivity contribution < 1.29 is 4.79 Å². The first-order chi connectivity index (χ1) is 8.27. The highest BCUT2D eigenvalue weighted by Gasteiger charge is 2.29. The molecule has 3 nitrogen and oxygen atoms in total. The largest absolute Gasteiger partial charge is 0.311 e. The molecular weight excluding hydrogens is 212 g/mol. The predicted octanol–water partition coefficient (Wildman–Crippen LogP) is 1.96. The first-order valence-electron chi connectivity index (χ1n) is 6.34. The molecule has 0 spiro atoms. The van der Waals surface area contributed by atoms with Crippen LogP contribution in [0.4, 0.5) is 5.69 Å². The molecule has 17 heavy (non-hydrogen) atoms. The van der Waals surface area contributed by atoms with Gasteiger partial charge in [-0.25, -0.2) is 0 Å². The van der Waals surface area contributed by atoms with E-state index in [-0.39, 0.29) is 11.9 Å². The number of carbonyl (C=O) groups excluding carboxylic acids is 1. The Bertz CT molecular complexity index is 403. The van der Waals surface area contributed by atoms with Gasteiger partial charge in [0.25, 0.3) is 0 Å². The maximum atomic E-state index is 12.3. The van der Waals surface area contributed by atoms with Crippen LogP contribution in [0.25, 0.3) is 0 Å². The molecule has 0 aliphatic carbocycles. The quantitative estimate of drug-likeness (QED) is 0.864. The van der Waals surface area contributed by atoms with Gasteiger partial charge < -0.3 is 10.2 Å². The van der Waals surface area contributed by atoms with Crippen molar-refractivity contribution in [2.45, 2.75) is 32.2 Å². The minimum absolute atomic E-state index is 0.0198.